The number of hydrogen-bond acceptors (Lipinski definition) is 5. The second-order valence-electron chi connectivity index (χ2n) is 7.94. The molecule has 0 saturated heterocycles. The lowest BCUT2D eigenvalue weighted by Gasteiger charge is -2.39. The quantitative estimate of drug-likeness (QED) is 0.420. The van der Waals surface area contributed by atoms with Crippen LogP contribution in [0.2, 0.25) is 0 Å². The Balaban J connectivity index is 1.52. The lowest BCUT2D eigenvalue weighted by molar-refractivity contribution is -0.137. The third kappa shape index (κ3) is 4.74. The summed E-state index contributed by atoms with van der Waals surface area (Å²) in [5.74, 6) is -1.04. The second kappa shape index (κ2) is 9.05. The van der Waals surface area contributed by atoms with Gasteiger partial charge in [0, 0.05) is 16.2 Å². The molecule has 0 spiro atoms. The lowest BCUT2D eigenvalue weighted by atomic mass is 9.65. The van der Waals surface area contributed by atoms with Gasteiger partial charge in [-0.25, -0.2) is 4.98 Å². The molecule has 1 aliphatic carbocycles. The van der Waals surface area contributed by atoms with Crippen LogP contribution < -0.4 is 16.4 Å². The minimum Gasteiger partial charge on any atom is -0.382 e. The number of nitrogens with zero attached hydrogens (tertiary/aromatic N) is 2. The van der Waals surface area contributed by atoms with Gasteiger partial charge < -0.3 is 16.4 Å². The largest absolute Gasteiger partial charge is 0.417 e. The van der Waals surface area contributed by atoms with Crippen molar-refractivity contribution >= 4 is 44.9 Å². The minimum absolute atomic E-state index is 0.205. The first-order valence-corrected chi connectivity index (χ1v) is 11.1. The van der Waals surface area contributed by atoms with Crippen LogP contribution in [0.3, 0.4) is 0 Å². The van der Waals surface area contributed by atoms with Crippen molar-refractivity contribution in [3.05, 3.63) is 76.2 Å². The Morgan fingerprint density at radius 1 is 1.03 bits per heavy atom. The summed E-state index contributed by atoms with van der Waals surface area (Å²) in [4.78, 5) is 33.5. The predicted molar refractivity (Wildman–Crippen MR) is 124 cm³/mol. The van der Waals surface area contributed by atoms with E-state index in [4.69, 9.17) is 5.73 Å². The summed E-state index contributed by atoms with van der Waals surface area (Å²) in [5.41, 5.74) is 4.82. The first kappa shape index (κ1) is 23.7. The van der Waals surface area contributed by atoms with E-state index in [2.05, 4.69) is 36.5 Å². The van der Waals surface area contributed by atoms with Gasteiger partial charge in [0.05, 0.1) is 34.2 Å². The third-order valence-electron chi connectivity index (χ3n) is 5.73. The smallest absolute Gasteiger partial charge is 0.382 e. The van der Waals surface area contributed by atoms with E-state index in [1.165, 1.54) is 6.20 Å². The van der Waals surface area contributed by atoms with Gasteiger partial charge >= 0.3 is 6.18 Å². The fourth-order valence-corrected chi connectivity index (χ4v) is 4.09. The molecule has 0 bridgehead atoms. The highest BCUT2D eigenvalue weighted by atomic mass is 79.9. The molecule has 7 nitrogen and oxygen atoms in total. The summed E-state index contributed by atoms with van der Waals surface area (Å²) in [5, 5.41) is 5.24. The molecule has 176 valence electrons. The molecule has 0 radical (unpaired) electrons. The van der Waals surface area contributed by atoms with Crippen molar-refractivity contribution in [2.75, 3.05) is 16.4 Å². The van der Waals surface area contributed by atoms with Crippen molar-refractivity contribution in [2.45, 2.75) is 30.9 Å². The fraction of sp³-hybridized carbons (Fsp3) is 0.217. The van der Waals surface area contributed by atoms with Gasteiger partial charge in [-0.1, -0.05) is 28.4 Å². The van der Waals surface area contributed by atoms with E-state index in [9.17, 15) is 22.8 Å². The zero-order valence-corrected chi connectivity index (χ0v) is 19.2. The molecule has 1 fully saturated rings. The van der Waals surface area contributed by atoms with Crippen LogP contribution in [0, 0.1) is 0 Å². The average molecular weight is 534 g/mol. The number of alkyl halides is 3. The molecule has 2 aromatic heterocycles. The Labute approximate surface area is 201 Å². The molecule has 2 amide bonds. The molecule has 1 saturated carbocycles. The molecule has 34 heavy (non-hydrogen) atoms. The Morgan fingerprint density at radius 2 is 1.79 bits per heavy atom. The first-order chi connectivity index (χ1) is 16.1. The number of nitrogens with two attached hydrogens (primary N) is 1. The van der Waals surface area contributed by atoms with Gasteiger partial charge in [0.1, 0.15) is 5.82 Å². The van der Waals surface area contributed by atoms with E-state index in [-0.39, 0.29) is 17.4 Å². The summed E-state index contributed by atoms with van der Waals surface area (Å²) in [6, 6.07) is 10.9. The summed E-state index contributed by atoms with van der Waals surface area (Å²) < 4.78 is 39.9. The molecule has 0 aliphatic heterocycles. The van der Waals surface area contributed by atoms with Gasteiger partial charge in [-0.05, 0) is 49.2 Å². The van der Waals surface area contributed by atoms with Crippen LogP contribution in [-0.2, 0) is 16.4 Å². The van der Waals surface area contributed by atoms with Gasteiger partial charge in [-0.2, -0.15) is 13.2 Å². The molecular weight excluding hydrogens is 515 g/mol. The minimum atomic E-state index is -4.62. The van der Waals surface area contributed by atoms with Crippen LogP contribution in [-0.4, -0.2) is 21.8 Å². The molecular formula is C23H19BrF3N5O2. The lowest BCUT2D eigenvalue weighted by Crippen LogP contribution is -2.46. The van der Waals surface area contributed by atoms with E-state index >= 15 is 0 Å². The summed E-state index contributed by atoms with van der Waals surface area (Å²) in [6.45, 7) is 0. The Morgan fingerprint density at radius 3 is 2.38 bits per heavy atom. The van der Waals surface area contributed by atoms with E-state index in [0.717, 1.165) is 17.0 Å². The van der Waals surface area contributed by atoms with E-state index in [0.29, 0.717) is 36.0 Å². The van der Waals surface area contributed by atoms with Crippen LogP contribution in [0.4, 0.5) is 30.4 Å². The fourth-order valence-electron chi connectivity index (χ4n) is 3.69. The van der Waals surface area contributed by atoms with Crippen LogP contribution in [0.5, 0.6) is 0 Å². The summed E-state index contributed by atoms with van der Waals surface area (Å²) >= 11 is 3.32. The van der Waals surface area contributed by atoms with E-state index < -0.39 is 23.1 Å². The van der Waals surface area contributed by atoms with Gasteiger partial charge in [-0.3, -0.25) is 14.6 Å². The highest BCUT2D eigenvalue weighted by molar-refractivity contribution is 9.10. The summed E-state index contributed by atoms with van der Waals surface area (Å²) in [6.07, 6.45) is -0.853. The third-order valence-corrected chi connectivity index (χ3v) is 6.23. The maximum absolute atomic E-state index is 13.1. The zero-order valence-electron chi connectivity index (χ0n) is 17.6. The van der Waals surface area contributed by atoms with Gasteiger partial charge in [0.25, 0.3) is 5.91 Å². The number of carbonyl (C=O) groups excluding carboxylic acids is 2. The number of pyridine rings is 2. The van der Waals surface area contributed by atoms with Crippen LogP contribution in [0.15, 0.2) is 59.3 Å². The molecule has 1 aliphatic rings. The molecule has 4 rings (SSSR count). The highest BCUT2D eigenvalue weighted by Crippen LogP contribution is 2.44. The first-order valence-electron chi connectivity index (χ1n) is 10.3. The molecule has 3 aromatic rings. The highest BCUT2D eigenvalue weighted by Gasteiger charge is 2.47. The number of halogens is 4. The molecule has 1 aromatic carbocycles. The topological polar surface area (TPSA) is 110 Å². The number of carbonyl (C=O) groups is 2. The number of rotatable bonds is 5. The normalized spacial score (nSPS) is 14.7. The van der Waals surface area contributed by atoms with Crippen molar-refractivity contribution in [1.82, 2.24) is 9.97 Å². The molecule has 0 unspecified atom stereocenters. The average Bonchev–Trinajstić information content (AvgIpc) is 2.75. The van der Waals surface area contributed by atoms with Crippen molar-refractivity contribution in [1.29, 1.82) is 0 Å². The zero-order chi connectivity index (χ0) is 24.5. The monoisotopic (exact) mass is 533 g/mol. The van der Waals surface area contributed by atoms with Gasteiger partial charge in [0.15, 0.2) is 0 Å². The van der Waals surface area contributed by atoms with Crippen LogP contribution in [0.25, 0.3) is 0 Å². The number of amides is 2. The Kier molecular flexibility index (Phi) is 6.30. The number of nitrogen functional groups attached to an aromatic ring is 1. The maximum Gasteiger partial charge on any atom is 0.417 e. The van der Waals surface area contributed by atoms with E-state index in [1.54, 1.807) is 36.4 Å². The van der Waals surface area contributed by atoms with E-state index in [1.807, 2.05) is 0 Å². The molecule has 4 N–H and O–H groups in total. The van der Waals surface area contributed by atoms with Crippen molar-refractivity contribution in [2.24, 2.45) is 0 Å². The predicted octanol–water partition coefficient (Wildman–Crippen LogP) is 5.15. The SMILES string of the molecule is Nc1ncc(C(F)(F)F)cc1NC(=O)C1(c2ccc(NC(=O)c3cccc(Br)c3)cn2)CCC1. The molecule has 2 heterocycles. The number of benzene rings is 1. The number of hydrogen-bond donors (Lipinski definition) is 3. The van der Waals surface area contributed by atoms with Crippen molar-refractivity contribution in [3.63, 3.8) is 0 Å². The number of aromatic nitrogens is 2. The molecule has 0 atom stereocenters. The van der Waals surface area contributed by atoms with Crippen LogP contribution >= 0.6 is 15.9 Å². The second-order valence-corrected chi connectivity index (χ2v) is 8.86. The molecule has 11 heteroatoms. The number of anilines is 3. The van der Waals surface area contributed by atoms with Crippen LogP contribution in [0.1, 0.15) is 40.9 Å². The van der Waals surface area contributed by atoms with Gasteiger partial charge in [0.2, 0.25) is 5.91 Å². The standard InChI is InChI=1S/C23H19BrF3N5O2/c24-15-4-1-3-13(9-15)20(33)31-16-5-6-18(29-12-16)22(7-2-8-22)21(34)32-17-10-14(23(25,26)27)11-30-19(17)28/h1,3-6,9-12H,2,7-8H2,(H2,28,30)(H,31,33)(H,32,34). The Bertz CT molecular complexity index is 1240. The Hall–Kier alpha value is -3.47. The maximum atomic E-state index is 13.1. The summed E-state index contributed by atoms with van der Waals surface area (Å²) in [7, 11) is 0. The van der Waals surface area contributed by atoms with Crippen molar-refractivity contribution in [3.8, 4) is 0 Å². The van der Waals surface area contributed by atoms with Gasteiger partial charge in [-0.15, -0.1) is 0 Å². The number of nitrogens with one attached hydrogen (secondary N) is 2. The van der Waals surface area contributed by atoms with Crippen molar-refractivity contribution < 1.29 is 22.8 Å².